The van der Waals surface area contributed by atoms with E-state index in [1.807, 2.05) is 43.3 Å². The van der Waals surface area contributed by atoms with E-state index >= 15 is 0 Å². The highest BCUT2D eigenvalue weighted by Crippen LogP contribution is 2.30. The van der Waals surface area contributed by atoms with E-state index in [9.17, 15) is 4.79 Å². The molecule has 24 heavy (non-hydrogen) atoms. The lowest BCUT2D eigenvalue weighted by atomic mass is 10.1. The highest BCUT2D eigenvalue weighted by atomic mass is 16.5. The number of nitrogen functional groups attached to an aromatic ring is 1. The van der Waals surface area contributed by atoms with Gasteiger partial charge in [-0.3, -0.25) is 4.79 Å². The Bertz CT molecular complexity index is 745. The van der Waals surface area contributed by atoms with Crippen LogP contribution in [0.15, 0.2) is 42.5 Å². The smallest absolute Gasteiger partial charge is 0.251 e. The molecule has 2 aromatic rings. The van der Waals surface area contributed by atoms with Crippen LogP contribution in [0.25, 0.3) is 0 Å². The van der Waals surface area contributed by atoms with Gasteiger partial charge in [0.15, 0.2) is 0 Å². The Balaban J connectivity index is 1.68. The third-order valence-corrected chi connectivity index (χ3v) is 4.46. The van der Waals surface area contributed by atoms with E-state index in [1.54, 1.807) is 13.2 Å². The highest BCUT2D eigenvalue weighted by molar-refractivity contribution is 5.96. The minimum absolute atomic E-state index is 0.0633. The Morgan fingerprint density at radius 2 is 2.08 bits per heavy atom. The summed E-state index contributed by atoms with van der Waals surface area (Å²) in [6.45, 7) is 3.58. The molecule has 1 heterocycles. The fourth-order valence-corrected chi connectivity index (χ4v) is 3.14. The molecule has 126 valence electrons. The molecular weight excluding hydrogens is 302 g/mol. The minimum Gasteiger partial charge on any atom is -0.495 e. The number of anilines is 2. The van der Waals surface area contributed by atoms with Crippen LogP contribution in [0, 0.1) is 6.92 Å². The lowest BCUT2D eigenvalue weighted by Crippen LogP contribution is -2.37. The maximum absolute atomic E-state index is 12.5. The molecular formula is C19H23N3O2. The molecule has 5 heteroatoms. The SMILES string of the molecule is COc1ccccc1N1CCC(NC(=O)c2cc(N)ccc2C)C1. The monoisotopic (exact) mass is 325 g/mol. The summed E-state index contributed by atoms with van der Waals surface area (Å²) in [6.07, 6.45) is 0.908. The van der Waals surface area contributed by atoms with Crippen molar-refractivity contribution in [1.82, 2.24) is 5.32 Å². The van der Waals surface area contributed by atoms with Crippen molar-refractivity contribution in [2.45, 2.75) is 19.4 Å². The predicted octanol–water partition coefficient (Wildman–Crippen LogP) is 2.59. The van der Waals surface area contributed by atoms with Gasteiger partial charge >= 0.3 is 0 Å². The van der Waals surface area contributed by atoms with Gasteiger partial charge in [-0.1, -0.05) is 18.2 Å². The largest absolute Gasteiger partial charge is 0.495 e. The standard InChI is InChI=1S/C19H23N3O2/c1-13-7-8-14(20)11-16(13)19(23)21-15-9-10-22(12-15)17-5-3-4-6-18(17)24-2/h3-8,11,15H,9-10,12,20H2,1-2H3,(H,21,23). The van der Waals surface area contributed by atoms with Crippen LogP contribution in [0.4, 0.5) is 11.4 Å². The molecule has 0 aromatic heterocycles. The molecule has 3 rings (SSSR count). The van der Waals surface area contributed by atoms with Crippen LogP contribution < -0.4 is 20.7 Å². The number of hydrogen-bond donors (Lipinski definition) is 2. The number of amides is 1. The Morgan fingerprint density at radius 1 is 1.29 bits per heavy atom. The number of carbonyl (C=O) groups is 1. The number of methoxy groups -OCH3 is 1. The average Bonchev–Trinajstić information content (AvgIpc) is 3.05. The van der Waals surface area contributed by atoms with E-state index in [-0.39, 0.29) is 11.9 Å². The number of nitrogens with two attached hydrogens (primary N) is 1. The van der Waals surface area contributed by atoms with Crippen LogP contribution >= 0.6 is 0 Å². The molecule has 1 amide bonds. The topological polar surface area (TPSA) is 67.6 Å². The highest BCUT2D eigenvalue weighted by Gasteiger charge is 2.26. The van der Waals surface area contributed by atoms with Crippen molar-refractivity contribution in [1.29, 1.82) is 0 Å². The van der Waals surface area contributed by atoms with E-state index in [1.165, 1.54) is 0 Å². The maximum Gasteiger partial charge on any atom is 0.251 e. The fraction of sp³-hybridized carbons (Fsp3) is 0.316. The first-order chi connectivity index (χ1) is 11.6. The summed E-state index contributed by atoms with van der Waals surface area (Å²) < 4.78 is 5.43. The second kappa shape index (κ2) is 6.83. The number of nitrogens with one attached hydrogen (secondary N) is 1. The van der Waals surface area contributed by atoms with Gasteiger partial charge in [-0.25, -0.2) is 0 Å². The minimum atomic E-state index is -0.0633. The molecule has 1 saturated heterocycles. The predicted molar refractivity (Wildman–Crippen MR) is 96.7 cm³/mol. The molecule has 0 bridgehead atoms. The summed E-state index contributed by atoms with van der Waals surface area (Å²) in [5.41, 5.74) is 9.05. The van der Waals surface area contributed by atoms with Gasteiger partial charge in [0.2, 0.25) is 0 Å². The van der Waals surface area contributed by atoms with Crippen molar-refractivity contribution in [2.24, 2.45) is 0 Å². The van der Waals surface area contributed by atoms with Crippen molar-refractivity contribution >= 4 is 17.3 Å². The average molecular weight is 325 g/mol. The molecule has 5 nitrogen and oxygen atoms in total. The van der Waals surface area contributed by atoms with Crippen molar-refractivity contribution < 1.29 is 9.53 Å². The molecule has 3 N–H and O–H groups in total. The molecule has 1 fully saturated rings. The second-order valence-electron chi connectivity index (χ2n) is 6.15. The lowest BCUT2D eigenvalue weighted by Gasteiger charge is -2.21. The van der Waals surface area contributed by atoms with E-state index in [4.69, 9.17) is 10.5 Å². The van der Waals surface area contributed by atoms with Gasteiger partial charge < -0.3 is 20.7 Å². The number of aryl methyl sites for hydroxylation is 1. The van der Waals surface area contributed by atoms with Crippen LogP contribution in [0.2, 0.25) is 0 Å². The van der Waals surface area contributed by atoms with Crippen LogP contribution in [-0.2, 0) is 0 Å². The van der Waals surface area contributed by atoms with Gasteiger partial charge in [0.1, 0.15) is 5.75 Å². The molecule has 0 saturated carbocycles. The molecule has 0 aliphatic carbocycles. The van der Waals surface area contributed by atoms with Crippen molar-refractivity contribution in [3.63, 3.8) is 0 Å². The molecule has 0 spiro atoms. The van der Waals surface area contributed by atoms with Crippen molar-refractivity contribution in [2.75, 3.05) is 30.8 Å². The number of carbonyl (C=O) groups excluding carboxylic acids is 1. The zero-order chi connectivity index (χ0) is 17.1. The Hall–Kier alpha value is -2.69. The molecule has 1 unspecified atom stereocenters. The maximum atomic E-state index is 12.5. The molecule has 1 aliphatic heterocycles. The zero-order valence-corrected chi connectivity index (χ0v) is 14.1. The third kappa shape index (κ3) is 3.30. The Kier molecular flexibility index (Phi) is 4.60. The van der Waals surface area contributed by atoms with E-state index in [0.717, 1.165) is 36.5 Å². The van der Waals surface area contributed by atoms with Crippen LogP contribution in [0.5, 0.6) is 5.75 Å². The fourth-order valence-electron chi connectivity index (χ4n) is 3.14. The van der Waals surface area contributed by atoms with Crippen LogP contribution in [0.3, 0.4) is 0 Å². The summed E-state index contributed by atoms with van der Waals surface area (Å²) in [6, 6.07) is 13.5. The number of ether oxygens (including phenoxy) is 1. The summed E-state index contributed by atoms with van der Waals surface area (Å²) in [5, 5.41) is 3.12. The molecule has 2 aromatic carbocycles. The third-order valence-electron chi connectivity index (χ3n) is 4.46. The van der Waals surface area contributed by atoms with Gasteiger partial charge in [-0.15, -0.1) is 0 Å². The van der Waals surface area contributed by atoms with E-state index in [0.29, 0.717) is 11.3 Å². The van der Waals surface area contributed by atoms with Crippen LogP contribution in [-0.4, -0.2) is 32.1 Å². The molecule has 1 aliphatic rings. The first kappa shape index (κ1) is 16.2. The van der Waals surface area contributed by atoms with E-state index in [2.05, 4.69) is 10.2 Å². The summed E-state index contributed by atoms with van der Waals surface area (Å²) in [5.74, 6) is 0.794. The number of para-hydroxylation sites is 2. The first-order valence-electron chi connectivity index (χ1n) is 8.13. The van der Waals surface area contributed by atoms with Crippen molar-refractivity contribution in [3.8, 4) is 5.75 Å². The van der Waals surface area contributed by atoms with Gasteiger partial charge in [-0.2, -0.15) is 0 Å². The van der Waals surface area contributed by atoms with E-state index < -0.39 is 0 Å². The Morgan fingerprint density at radius 3 is 2.88 bits per heavy atom. The van der Waals surface area contributed by atoms with Crippen molar-refractivity contribution in [3.05, 3.63) is 53.6 Å². The van der Waals surface area contributed by atoms with Gasteiger partial charge in [0, 0.05) is 30.4 Å². The van der Waals surface area contributed by atoms with Gasteiger partial charge in [-0.05, 0) is 43.2 Å². The van der Waals surface area contributed by atoms with Crippen LogP contribution in [0.1, 0.15) is 22.3 Å². The zero-order valence-electron chi connectivity index (χ0n) is 14.1. The number of rotatable bonds is 4. The summed E-state index contributed by atoms with van der Waals surface area (Å²) in [4.78, 5) is 14.8. The normalized spacial score (nSPS) is 16.9. The Labute approximate surface area is 142 Å². The quantitative estimate of drug-likeness (QED) is 0.848. The summed E-state index contributed by atoms with van der Waals surface area (Å²) in [7, 11) is 1.68. The molecule has 0 radical (unpaired) electrons. The molecule has 1 atom stereocenters. The van der Waals surface area contributed by atoms with Gasteiger partial charge in [0.05, 0.1) is 12.8 Å². The first-order valence-corrected chi connectivity index (χ1v) is 8.13. The number of benzene rings is 2. The summed E-state index contributed by atoms with van der Waals surface area (Å²) >= 11 is 0. The number of nitrogens with zero attached hydrogens (tertiary/aromatic N) is 1. The lowest BCUT2D eigenvalue weighted by molar-refractivity contribution is 0.0940. The number of hydrogen-bond acceptors (Lipinski definition) is 4. The van der Waals surface area contributed by atoms with Gasteiger partial charge in [0.25, 0.3) is 5.91 Å². The second-order valence-corrected chi connectivity index (χ2v) is 6.15.